The van der Waals surface area contributed by atoms with Crippen LogP contribution in [0.4, 0.5) is 0 Å². The second-order valence-electron chi connectivity index (χ2n) is 7.32. The number of hydrogen-bond donors (Lipinski definition) is 2. The van der Waals surface area contributed by atoms with E-state index in [0.29, 0.717) is 13.2 Å². The van der Waals surface area contributed by atoms with Gasteiger partial charge in [0.15, 0.2) is 5.96 Å². The van der Waals surface area contributed by atoms with E-state index >= 15 is 0 Å². The molecule has 1 aromatic heterocycles. The van der Waals surface area contributed by atoms with Crippen LogP contribution < -0.4 is 10.6 Å². The van der Waals surface area contributed by atoms with Crippen molar-refractivity contribution in [1.82, 2.24) is 15.5 Å². The number of nitrogens with zero attached hydrogens (tertiary/aromatic N) is 2. The first kappa shape index (κ1) is 24.7. The van der Waals surface area contributed by atoms with Gasteiger partial charge in [-0.2, -0.15) is 0 Å². The standard InChI is InChI=1S/C23H34N4O2.HI/c1-2-24-23(26-13-7-16-28-19-22-10-5-17-29-22)25-12-6-14-27-15-11-20-8-3-4-9-21(20)18-27;/h3-5,8-10,17H,2,6-7,11-16,18-19H2,1H3,(H2,24,25,26);1H. The third-order valence-electron chi connectivity index (χ3n) is 5.04. The third-order valence-corrected chi connectivity index (χ3v) is 5.04. The van der Waals surface area contributed by atoms with Crippen molar-refractivity contribution in [2.75, 3.05) is 39.3 Å². The lowest BCUT2D eigenvalue weighted by molar-refractivity contribution is 0.105. The Labute approximate surface area is 197 Å². The predicted octanol–water partition coefficient (Wildman–Crippen LogP) is 3.81. The maximum Gasteiger partial charge on any atom is 0.191 e. The summed E-state index contributed by atoms with van der Waals surface area (Å²) in [6.07, 6.45) is 4.83. The first-order valence-electron chi connectivity index (χ1n) is 10.8. The van der Waals surface area contributed by atoms with Gasteiger partial charge in [-0.15, -0.1) is 24.0 Å². The van der Waals surface area contributed by atoms with E-state index < -0.39 is 0 Å². The highest BCUT2D eigenvalue weighted by Gasteiger charge is 2.14. The number of nitrogens with one attached hydrogen (secondary N) is 2. The van der Waals surface area contributed by atoms with Gasteiger partial charge in [0.1, 0.15) is 12.4 Å². The summed E-state index contributed by atoms with van der Waals surface area (Å²) in [5, 5.41) is 6.77. The molecule has 0 fully saturated rings. The van der Waals surface area contributed by atoms with Crippen molar-refractivity contribution >= 4 is 29.9 Å². The van der Waals surface area contributed by atoms with E-state index in [9.17, 15) is 0 Å². The van der Waals surface area contributed by atoms with Crippen molar-refractivity contribution in [2.45, 2.75) is 39.3 Å². The Hall–Kier alpha value is -1.58. The van der Waals surface area contributed by atoms with Gasteiger partial charge in [-0.1, -0.05) is 24.3 Å². The van der Waals surface area contributed by atoms with E-state index in [1.807, 2.05) is 12.1 Å². The number of furan rings is 1. The Bertz CT molecular complexity index is 737. The molecule has 1 aromatic carbocycles. The number of benzene rings is 1. The average Bonchev–Trinajstić information content (AvgIpc) is 3.27. The molecule has 2 aromatic rings. The zero-order chi connectivity index (χ0) is 20.2. The lowest BCUT2D eigenvalue weighted by atomic mass is 10.00. The molecule has 0 amide bonds. The predicted molar refractivity (Wildman–Crippen MR) is 132 cm³/mol. The highest BCUT2D eigenvalue weighted by molar-refractivity contribution is 14.0. The summed E-state index contributed by atoms with van der Waals surface area (Å²) < 4.78 is 10.9. The van der Waals surface area contributed by atoms with Gasteiger partial charge in [0, 0.05) is 45.9 Å². The van der Waals surface area contributed by atoms with Crippen molar-refractivity contribution < 1.29 is 9.15 Å². The van der Waals surface area contributed by atoms with E-state index in [1.165, 1.54) is 11.1 Å². The van der Waals surface area contributed by atoms with E-state index in [4.69, 9.17) is 9.15 Å². The van der Waals surface area contributed by atoms with Gasteiger partial charge in [-0.3, -0.25) is 9.89 Å². The van der Waals surface area contributed by atoms with Crippen LogP contribution in [-0.4, -0.2) is 50.2 Å². The molecular weight excluding hydrogens is 491 g/mol. The van der Waals surface area contributed by atoms with Crippen LogP contribution >= 0.6 is 24.0 Å². The molecule has 6 nitrogen and oxygen atoms in total. The minimum atomic E-state index is 0. The van der Waals surface area contributed by atoms with Crippen LogP contribution in [0.15, 0.2) is 52.1 Å². The molecule has 0 spiro atoms. The average molecular weight is 526 g/mol. The molecule has 0 atom stereocenters. The molecule has 2 N–H and O–H groups in total. The summed E-state index contributed by atoms with van der Waals surface area (Å²) in [5.74, 6) is 1.75. The number of fused-ring (bicyclic) bond motifs is 1. The van der Waals surface area contributed by atoms with Gasteiger partial charge in [0.2, 0.25) is 0 Å². The Morgan fingerprint density at radius 2 is 2.00 bits per heavy atom. The molecule has 1 aliphatic rings. The first-order chi connectivity index (χ1) is 14.3. The number of ether oxygens (including phenoxy) is 1. The summed E-state index contributed by atoms with van der Waals surface area (Å²) >= 11 is 0. The molecule has 166 valence electrons. The van der Waals surface area contributed by atoms with E-state index in [-0.39, 0.29) is 24.0 Å². The number of hydrogen-bond acceptors (Lipinski definition) is 4. The Balaban J connectivity index is 0.00000320. The van der Waals surface area contributed by atoms with Crippen molar-refractivity contribution in [1.29, 1.82) is 0 Å². The lowest BCUT2D eigenvalue weighted by Crippen LogP contribution is -2.39. The van der Waals surface area contributed by atoms with Crippen LogP contribution in [0.2, 0.25) is 0 Å². The van der Waals surface area contributed by atoms with E-state index in [2.05, 4.69) is 51.7 Å². The van der Waals surface area contributed by atoms with Gasteiger partial charge in [-0.25, -0.2) is 0 Å². The van der Waals surface area contributed by atoms with Gasteiger partial charge in [0.25, 0.3) is 0 Å². The molecule has 2 heterocycles. The summed E-state index contributed by atoms with van der Waals surface area (Å²) in [6, 6.07) is 12.6. The fourth-order valence-corrected chi connectivity index (χ4v) is 3.52. The number of aliphatic imine (C=N–C) groups is 1. The summed E-state index contributed by atoms with van der Waals surface area (Å²) in [7, 11) is 0. The van der Waals surface area contributed by atoms with E-state index in [1.54, 1.807) is 6.26 Å². The van der Waals surface area contributed by atoms with Crippen LogP contribution in [0.25, 0.3) is 0 Å². The van der Waals surface area contributed by atoms with Crippen molar-refractivity contribution in [3.63, 3.8) is 0 Å². The normalized spacial score (nSPS) is 14.1. The molecular formula is C23H35IN4O2. The quantitative estimate of drug-likeness (QED) is 0.202. The van der Waals surface area contributed by atoms with Crippen LogP contribution in [0.1, 0.15) is 36.7 Å². The minimum absolute atomic E-state index is 0. The minimum Gasteiger partial charge on any atom is -0.467 e. The van der Waals surface area contributed by atoms with Crippen molar-refractivity contribution in [3.05, 3.63) is 59.5 Å². The topological polar surface area (TPSA) is 62.0 Å². The molecule has 1 aliphatic heterocycles. The van der Waals surface area contributed by atoms with Crippen LogP contribution in [0.5, 0.6) is 0 Å². The second-order valence-corrected chi connectivity index (χ2v) is 7.32. The Morgan fingerprint density at radius 3 is 2.80 bits per heavy atom. The molecule has 30 heavy (non-hydrogen) atoms. The molecule has 0 bridgehead atoms. The molecule has 0 radical (unpaired) electrons. The SMILES string of the molecule is CCNC(=NCCCOCc1ccco1)NCCCN1CCc2ccccc2C1.I. The third kappa shape index (κ3) is 8.65. The summed E-state index contributed by atoms with van der Waals surface area (Å²) in [5.41, 5.74) is 2.99. The van der Waals surface area contributed by atoms with Gasteiger partial charge >= 0.3 is 0 Å². The molecule has 3 rings (SSSR count). The fraction of sp³-hybridized carbons (Fsp3) is 0.522. The maximum absolute atomic E-state index is 5.60. The van der Waals surface area contributed by atoms with Gasteiger partial charge in [-0.05, 0) is 49.4 Å². The second kappa shape index (κ2) is 14.4. The van der Waals surface area contributed by atoms with Crippen LogP contribution in [0.3, 0.4) is 0 Å². The fourth-order valence-electron chi connectivity index (χ4n) is 3.52. The van der Waals surface area contributed by atoms with Crippen molar-refractivity contribution in [2.24, 2.45) is 4.99 Å². The summed E-state index contributed by atoms with van der Waals surface area (Å²) in [6.45, 7) is 9.18. The maximum atomic E-state index is 5.60. The highest BCUT2D eigenvalue weighted by Crippen LogP contribution is 2.18. The first-order valence-corrected chi connectivity index (χ1v) is 10.8. The summed E-state index contributed by atoms with van der Waals surface area (Å²) in [4.78, 5) is 7.19. The number of guanidine groups is 1. The van der Waals surface area contributed by atoms with Crippen LogP contribution in [0, 0.1) is 0 Å². The Kier molecular flexibility index (Phi) is 11.9. The monoisotopic (exact) mass is 526 g/mol. The lowest BCUT2D eigenvalue weighted by Gasteiger charge is -2.28. The number of rotatable bonds is 11. The Morgan fingerprint density at radius 1 is 1.13 bits per heavy atom. The molecule has 0 aliphatic carbocycles. The van der Waals surface area contributed by atoms with Crippen LogP contribution in [-0.2, 0) is 24.3 Å². The number of halogens is 1. The zero-order valence-corrected chi connectivity index (χ0v) is 20.3. The smallest absolute Gasteiger partial charge is 0.191 e. The van der Waals surface area contributed by atoms with Crippen molar-refractivity contribution in [3.8, 4) is 0 Å². The molecule has 0 saturated carbocycles. The van der Waals surface area contributed by atoms with Gasteiger partial charge < -0.3 is 19.8 Å². The van der Waals surface area contributed by atoms with E-state index in [0.717, 1.165) is 70.3 Å². The highest BCUT2D eigenvalue weighted by atomic mass is 127. The largest absolute Gasteiger partial charge is 0.467 e. The molecule has 0 unspecified atom stereocenters. The van der Waals surface area contributed by atoms with Gasteiger partial charge in [0.05, 0.1) is 6.26 Å². The zero-order valence-electron chi connectivity index (χ0n) is 17.9. The molecule has 0 saturated heterocycles. The molecule has 7 heteroatoms.